The molecule has 3 rings (SSSR count). The van der Waals surface area contributed by atoms with E-state index in [1.807, 2.05) is 0 Å². The Morgan fingerprint density at radius 3 is 1.41 bits per heavy atom. The topological polar surface area (TPSA) is 40.1 Å². The van der Waals surface area contributed by atoms with E-state index in [1.54, 1.807) is 0 Å². The van der Waals surface area contributed by atoms with Gasteiger partial charge in [-0.15, -0.1) is 0 Å². The first-order valence-electron chi connectivity index (χ1n) is 7.67. The molecule has 0 aliphatic carbocycles. The lowest BCUT2D eigenvalue weighted by molar-refractivity contribution is -0.344. The molecule has 0 aliphatic heterocycles. The number of carboxylic acids is 1. The van der Waals surface area contributed by atoms with E-state index in [2.05, 4.69) is 101 Å². The summed E-state index contributed by atoms with van der Waals surface area (Å²) in [5.74, 6) is -3.01. The summed E-state index contributed by atoms with van der Waals surface area (Å²) in [6, 6.07) is 30.0. The molecule has 27 heavy (non-hydrogen) atoms. The van der Waals surface area contributed by atoms with E-state index in [-0.39, 0.29) is 10.9 Å². The minimum atomic E-state index is -5.19. The summed E-state index contributed by atoms with van der Waals surface area (Å²) < 4.78 is 32.7. The van der Waals surface area contributed by atoms with E-state index in [4.69, 9.17) is 9.90 Å². The first kappa shape index (κ1) is 21.1. The van der Waals surface area contributed by atoms with Crippen LogP contribution in [0.1, 0.15) is 0 Å². The largest absolute Gasteiger partial charge is 0.542 e. The molecule has 0 unspecified atom stereocenters. The molecule has 140 valence electrons. The molecule has 0 fully saturated rings. The molecule has 0 aromatic heterocycles. The molecule has 0 heterocycles. The van der Waals surface area contributed by atoms with Crippen LogP contribution in [0.5, 0.6) is 0 Å². The maximum Gasteiger partial charge on any atom is 0.430 e. The van der Waals surface area contributed by atoms with Gasteiger partial charge in [-0.05, 0) is 48.5 Å². The van der Waals surface area contributed by atoms with Crippen LogP contribution in [-0.2, 0) is 15.7 Å². The molecule has 3 aromatic rings. The Hall–Kier alpha value is -2.25. The van der Waals surface area contributed by atoms with Gasteiger partial charge in [-0.1, -0.05) is 52.3 Å². The third-order valence-corrected chi connectivity index (χ3v) is 6.00. The molecule has 2 nitrogen and oxygen atoms in total. The van der Waals surface area contributed by atoms with Crippen LogP contribution in [0.2, 0.25) is 0 Å². The van der Waals surface area contributed by atoms with E-state index >= 15 is 0 Å². The number of hydrogen-bond acceptors (Lipinski definition) is 2. The second kappa shape index (κ2) is 9.62. The molecule has 0 amide bonds. The molecule has 7 heteroatoms. The van der Waals surface area contributed by atoms with Gasteiger partial charge in [-0.25, -0.2) is 0 Å². The van der Waals surface area contributed by atoms with Crippen LogP contribution in [0.4, 0.5) is 13.2 Å². The third-order valence-electron chi connectivity index (χ3n) is 3.24. The van der Waals surface area contributed by atoms with Crippen molar-refractivity contribution in [3.05, 3.63) is 89.4 Å². The number of halogens is 4. The maximum absolute atomic E-state index is 10.5. The van der Waals surface area contributed by atoms with E-state index in [1.165, 1.54) is 14.7 Å². The van der Waals surface area contributed by atoms with Crippen LogP contribution in [0.15, 0.2) is 104 Å². The lowest BCUT2D eigenvalue weighted by Crippen LogP contribution is -2.37. The van der Waals surface area contributed by atoms with Gasteiger partial charge in [0.15, 0.2) is 14.7 Å². The minimum Gasteiger partial charge on any atom is -0.542 e. The smallest absolute Gasteiger partial charge is 0.430 e. The molecular formula is C20H14BrF3O2S. The Bertz CT molecular complexity index is 814. The van der Waals surface area contributed by atoms with Gasteiger partial charge in [0, 0.05) is 4.47 Å². The summed E-state index contributed by atoms with van der Waals surface area (Å²) in [6.07, 6.45) is -5.19. The van der Waals surface area contributed by atoms with Crippen LogP contribution in [0.25, 0.3) is 0 Å². The fourth-order valence-electron chi connectivity index (χ4n) is 2.09. The summed E-state index contributed by atoms with van der Waals surface area (Å²) >= 11 is 3.51. The van der Waals surface area contributed by atoms with Crippen LogP contribution in [-0.4, -0.2) is 12.1 Å². The van der Waals surface area contributed by atoms with Gasteiger partial charge in [-0.2, -0.15) is 13.2 Å². The Labute approximate surface area is 166 Å². The molecule has 0 atom stereocenters. The highest BCUT2D eigenvalue weighted by Crippen LogP contribution is 2.31. The van der Waals surface area contributed by atoms with Crippen LogP contribution in [0, 0.1) is 0 Å². The second-order valence-corrected chi connectivity index (χ2v) is 8.11. The Kier molecular flexibility index (Phi) is 7.50. The van der Waals surface area contributed by atoms with Crippen LogP contribution >= 0.6 is 15.9 Å². The first-order valence-corrected chi connectivity index (χ1v) is 9.69. The molecule has 0 aliphatic rings. The summed E-state index contributed by atoms with van der Waals surface area (Å²) in [6.45, 7) is 0. The second-order valence-electron chi connectivity index (χ2n) is 5.17. The van der Waals surface area contributed by atoms with Crippen molar-refractivity contribution >= 4 is 32.8 Å². The monoisotopic (exact) mass is 454 g/mol. The number of aliphatic carboxylic acids is 1. The van der Waals surface area contributed by atoms with Gasteiger partial charge >= 0.3 is 6.18 Å². The normalized spacial score (nSPS) is 10.9. The van der Waals surface area contributed by atoms with Gasteiger partial charge < -0.3 is 9.90 Å². The Morgan fingerprint density at radius 1 is 0.741 bits per heavy atom. The average Bonchev–Trinajstić information content (AvgIpc) is 2.65. The number of carbonyl (C=O) groups is 1. The van der Waals surface area contributed by atoms with Gasteiger partial charge in [-0.3, -0.25) is 0 Å². The molecule has 0 saturated heterocycles. The van der Waals surface area contributed by atoms with E-state index in [0.717, 1.165) is 4.47 Å². The van der Waals surface area contributed by atoms with Crippen LogP contribution in [0.3, 0.4) is 0 Å². The lowest BCUT2D eigenvalue weighted by atomic mass is 10.4. The molecule has 3 aromatic carbocycles. The highest BCUT2D eigenvalue weighted by atomic mass is 79.9. The molecule has 0 saturated carbocycles. The SMILES string of the molecule is Brc1ccc([S+](c2ccccc2)c2ccccc2)cc1.O=C([O-])C(F)(F)F. The molecular weight excluding hydrogens is 441 g/mol. The van der Waals surface area contributed by atoms with E-state index in [0.29, 0.717) is 0 Å². The zero-order chi connectivity index (χ0) is 19.9. The molecule has 0 radical (unpaired) electrons. The van der Waals surface area contributed by atoms with Gasteiger partial charge in [0.2, 0.25) is 0 Å². The van der Waals surface area contributed by atoms with Crippen molar-refractivity contribution < 1.29 is 23.1 Å². The van der Waals surface area contributed by atoms with Crippen molar-refractivity contribution in [3.8, 4) is 0 Å². The van der Waals surface area contributed by atoms with Crippen molar-refractivity contribution in [2.45, 2.75) is 20.9 Å². The molecule has 0 spiro atoms. The highest BCUT2D eigenvalue weighted by Gasteiger charge is 2.29. The minimum absolute atomic E-state index is 0.0437. The van der Waals surface area contributed by atoms with Gasteiger partial charge in [0.1, 0.15) is 5.97 Å². The highest BCUT2D eigenvalue weighted by molar-refractivity contribution is 9.10. The van der Waals surface area contributed by atoms with E-state index in [9.17, 15) is 13.2 Å². The number of carboxylic acid groups (broad SMARTS) is 1. The fraction of sp³-hybridized carbons (Fsp3) is 0.0500. The van der Waals surface area contributed by atoms with E-state index < -0.39 is 12.1 Å². The molecule has 0 N–H and O–H groups in total. The summed E-state index contributed by atoms with van der Waals surface area (Å²) in [5.41, 5.74) is 0. The van der Waals surface area contributed by atoms with Crippen LogP contribution < -0.4 is 5.11 Å². The zero-order valence-electron chi connectivity index (χ0n) is 13.8. The van der Waals surface area contributed by atoms with Crippen molar-refractivity contribution in [2.24, 2.45) is 0 Å². The summed E-state index contributed by atoms with van der Waals surface area (Å²) in [7, 11) is -0.0437. The Morgan fingerprint density at radius 2 is 1.07 bits per heavy atom. The number of rotatable bonds is 3. The lowest BCUT2D eigenvalue weighted by Gasteiger charge is -2.07. The number of carbonyl (C=O) groups excluding carboxylic acids is 1. The van der Waals surface area contributed by atoms with Gasteiger partial charge in [0.05, 0.1) is 10.9 Å². The number of benzene rings is 3. The Balaban J connectivity index is 0.000000321. The van der Waals surface area contributed by atoms with Crippen molar-refractivity contribution in [1.29, 1.82) is 0 Å². The molecule has 0 bridgehead atoms. The summed E-state index contributed by atoms with van der Waals surface area (Å²) in [5, 5.41) is 8.78. The zero-order valence-corrected chi connectivity index (χ0v) is 16.2. The third kappa shape index (κ3) is 6.45. The van der Waals surface area contributed by atoms with Crippen molar-refractivity contribution in [2.75, 3.05) is 0 Å². The predicted molar refractivity (Wildman–Crippen MR) is 100 cm³/mol. The summed E-state index contributed by atoms with van der Waals surface area (Å²) in [4.78, 5) is 12.8. The number of alkyl halides is 3. The average molecular weight is 455 g/mol. The van der Waals surface area contributed by atoms with Crippen molar-refractivity contribution in [3.63, 3.8) is 0 Å². The van der Waals surface area contributed by atoms with Crippen molar-refractivity contribution in [1.82, 2.24) is 0 Å². The first-order chi connectivity index (χ1) is 12.8. The van der Waals surface area contributed by atoms with Gasteiger partial charge in [0.25, 0.3) is 0 Å². The fourth-order valence-corrected chi connectivity index (χ4v) is 4.44. The quantitative estimate of drug-likeness (QED) is 0.531. The predicted octanol–water partition coefficient (Wildman–Crippen LogP) is 4.84. The standard InChI is InChI=1S/C18H14BrS.C2HF3O2/c19-15-11-13-18(14-12-15)20(16-7-3-1-4-8-16)17-9-5-2-6-10-17;3-2(4,5)1(6)7/h1-14H;(H,6,7)/q+1;/p-1. The number of hydrogen-bond donors (Lipinski definition) is 0. The maximum atomic E-state index is 10.5.